The van der Waals surface area contributed by atoms with Crippen LogP contribution in [0.3, 0.4) is 0 Å². The second-order valence-electron chi connectivity index (χ2n) is 4.11. The number of aromatic nitrogens is 2. The fourth-order valence-corrected chi connectivity index (χ4v) is 1.56. The van der Waals surface area contributed by atoms with Gasteiger partial charge >= 0.3 is 12.0 Å². The second-order valence-corrected chi connectivity index (χ2v) is 4.11. The predicted octanol–water partition coefficient (Wildman–Crippen LogP) is 2.26. The molecule has 0 atom stereocenters. The number of ether oxygens (including phenoxy) is 1. The second kappa shape index (κ2) is 6.65. The zero-order valence-corrected chi connectivity index (χ0v) is 11.8. The van der Waals surface area contributed by atoms with E-state index in [9.17, 15) is 9.59 Å². The molecule has 7 heteroatoms. The summed E-state index contributed by atoms with van der Waals surface area (Å²) in [4.78, 5) is 22.7. The molecule has 0 saturated heterocycles. The van der Waals surface area contributed by atoms with Crippen molar-refractivity contribution < 1.29 is 18.7 Å². The monoisotopic (exact) mass is 289 g/mol. The van der Waals surface area contributed by atoms with Crippen molar-refractivity contribution in [2.24, 2.45) is 0 Å². The van der Waals surface area contributed by atoms with Crippen LogP contribution in [0.15, 0.2) is 28.7 Å². The maximum atomic E-state index is 11.5. The van der Waals surface area contributed by atoms with Crippen molar-refractivity contribution in [2.45, 2.75) is 20.3 Å². The third-order valence-electron chi connectivity index (χ3n) is 2.64. The van der Waals surface area contributed by atoms with Gasteiger partial charge in [0.15, 0.2) is 0 Å². The Morgan fingerprint density at radius 3 is 2.52 bits per heavy atom. The molecule has 21 heavy (non-hydrogen) atoms. The van der Waals surface area contributed by atoms with Crippen LogP contribution in [-0.4, -0.2) is 28.7 Å². The lowest BCUT2D eigenvalue weighted by molar-refractivity contribution is -0.116. The van der Waals surface area contributed by atoms with Crippen LogP contribution in [0, 0.1) is 0 Å². The Morgan fingerprint density at radius 1 is 1.19 bits per heavy atom. The fraction of sp³-hybridized carbons (Fsp3) is 0.286. The molecule has 0 bridgehead atoms. The Morgan fingerprint density at radius 2 is 1.90 bits per heavy atom. The van der Waals surface area contributed by atoms with Gasteiger partial charge in [-0.1, -0.05) is 12.0 Å². The van der Waals surface area contributed by atoms with Crippen molar-refractivity contribution in [1.82, 2.24) is 10.2 Å². The lowest BCUT2D eigenvalue weighted by Gasteiger charge is -2.01. The minimum Gasteiger partial charge on any atom is -0.462 e. The molecule has 2 aromatic rings. The summed E-state index contributed by atoms with van der Waals surface area (Å²) in [5, 5.41) is 10.0. The topological polar surface area (TPSA) is 94.3 Å². The standard InChI is InChI=1S/C14H15N3O4/c1-3-11(18)15-14-17-16-12(21-14)9-5-7-10(8-6-9)13(19)20-4-2/h5-8H,3-4H2,1-2H3,(H,15,17,18). The number of hydrogen-bond donors (Lipinski definition) is 1. The van der Waals surface area contributed by atoms with Crippen molar-refractivity contribution in [3.63, 3.8) is 0 Å². The first-order chi connectivity index (χ1) is 10.1. The van der Waals surface area contributed by atoms with Gasteiger partial charge in [0.2, 0.25) is 11.8 Å². The van der Waals surface area contributed by atoms with E-state index in [4.69, 9.17) is 9.15 Å². The minimum absolute atomic E-state index is 0.0475. The Balaban J connectivity index is 2.12. The maximum Gasteiger partial charge on any atom is 0.338 e. The quantitative estimate of drug-likeness (QED) is 0.848. The highest BCUT2D eigenvalue weighted by atomic mass is 16.5. The number of nitrogens with one attached hydrogen (secondary N) is 1. The smallest absolute Gasteiger partial charge is 0.338 e. The summed E-state index contributed by atoms with van der Waals surface area (Å²) in [7, 11) is 0. The molecule has 1 amide bonds. The summed E-state index contributed by atoms with van der Waals surface area (Å²) >= 11 is 0. The molecule has 1 aromatic heterocycles. The SMILES string of the molecule is CCOC(=O)c1ccc(-c2nnc(NC(=O)CC)o2)cc1. The third kappa shape index (κ3) is 3.65. The largest absolute Gasteiger partial charge is 0.462 e. The molecule has 0 fully saturated rings. The normalized spacial score (nSPS) is 10.2. The molecule has 0 saturated carbocycles. The molecular formula is C14H15N3O4. The van der Waals surface area contributed by atoms with Crippen molar-refractivity contribution in [3.8, 4) is 11.5 Å². The summed E-state index contributed by atoms with van der Waals surface area (Å²) < 4.78 is 10.2. The molecule has 110 valence electrons. The first kappa shape index (κ1) is 14.7. The van der Waals surface area contributed by atoms with Gasteiger partial charge in [0.1, 0.15) is 0 Å². The summed E-state index contributed by atoms with van der Waals surface area (Å²) in [6.07, 6.45) is 0.325. The molecule has 0 spiro atoms. The fourth-order valence-electron chi connectivity index (χ4n) is 1.56. The van der Waals surface area contributed by atoms with Gasteiger partial charge in [-0.25, -0.2) is 4.79 Å². The van der Waals surface area contributed by atoms with Gasteiger partial charge in [0.25, 0.3) is 0 Å². The van der Waals surface area contributed by atoms with Crippen LogP contribution in [0.25, 0.3) is 11.5 Å². The molecular weight excluding hydrogens is 274 g/mol. The zero-order chi connectivity index (χ0) is 15.2. The van der Waals surface area contributed by atoms with Crippen LogP contribution in [0.5, 0.6) is 0 Å². The number of anilines is 1. The van der Waals surface area contributed by atoms with Gasteiger partial charge in [0.05, 0.1) is 12.2 Å². The number of hydrogen-bond acceptors (Lipinski definition) is 6. The van der Waals surface area contributed by atoms with Gasteiger partial charge < -0.3 is 9.15 Å². The van der Waals surface area contributed by atoms with Gasteiger partial charge in [-0.3, -0.25) is 10.1 Å². The molecule has 0 aliphatic rings. The van der Waals surface area contributed by atoms with Crippen LogP contribution in [0.1, 0.15) is 30.6 Å². The lowest BCUT2D eigenvalue weighted by atomic mass is 10.1. The molecule has 0 aliphatic carbocycles. The molecule has 1 N–H and O–H groups in total. The first-order valence-corrected chi connectivity index (χ1v) is 6.55. The van der Waals surface area contributed by atoms with Crippen LogP contribution in [0.4, 0.5) is 6.01 Å². The minimum atomic E-state index is -0.384. The lowest BCUT2D eigenvalue weighted by Crippen LogP contribution is -2.09. The Bertz CT molecular complexity index is 634. The summed E-state index contributed by atoms with van der Waals surface area (Å²) in [5.74, 6) is -0.329. The maximum absolute atomic E-state index is 11.5. The van der Waals surface area contributed by atoms with E-state index >= 15 is 0 Å². The number of rotatable bonds is 5. The molecule has 0 radical (unpaired) electrons. The number of nitrogens with zero attached hydrogens (tertiary/aromatic N) is 2. The van der Waals surface area contributed by atoms with E-state index in [0.29, 0.717) is 24.2 Å². The number of carbonyl (C=O) groups is 2. The van der Waals surface area contributed by atoms with Crippen molar-refractivity contribution in [2.75, 3.05) is 11.9 Å². The van der Waals surface area contributed by atoms with Crippen LogP contribution in [0.2, 0.25) is 0 Å². The third-order valence-corrected chi connectivity index (χ3v) is 2.64. The van der Waals surface area contributed by atoms with Crippen LogP contribution in [-0.2, 0) is 9.53 Å². The molecule has 0 unspecified atom stereocenters. The van der Waals surface area contributed by atoms with E-state index in [1.807, 2.05) is 0 Å². The van der Waals surface area contributed by atoms with Crippen molar-refractivity contribution >= 4 is 17.9 Å². The van der Waals surface area contributed by atoms with E-state index in [0.717, 1.165) is 0 Å². The van der Waals surface area contributed by atoms with Crippen molar-refractivity contribution in [3.05, 3.63) is 29.8 Å². The average Bonchev–Trinajstić information content (AvgIpc) is 2.96. The molecule has 1 heterocycles. The van der Waals surface area contributed by atoms with Gasteiger partial charge in [-0.2, -0.15) is 0 Å². The van der Waals surface area contributed by atoms with E-state index in [-0.39, 0.29) is 23.8 Å². The van der Waals surface area contributed by atoms with Gasteiger partial charge in [-0.15, -0.1) is 5.10 Å². The zero-order valence-electron chi connectivity index (χ0n) is 11.8. The number of esters is 1. The summed E-state index contributed by atoms with van der Waals surface area (Å²) in [6.45, 7) is 3.79. The molecule has 2 rings (SSSR count). The van der Waals surface area contributed by atoms with Crippen molar-refractivity contribution in [1.29, 1.82) is 0 Å². The van der Waals surface area contributed by atoms with E-state index in [1.54, 1.807) is 38.1 Å². The number of benzene rings is 1. The average molecular weight is 289 g/mol. The van der Waals surface area contributed by atoms with E-state index in [1.165, 1.54) is 0 Å². The predicted molar refractivity (Wildman–Crippen MR) is 74.6 cm³/mol. The molecule has 7 nitrogen and oxygen atoms in total. The highest BCUT2D eigenvalue weighted by molar-refractivity contribution is 5.90. The van der Waals surface area contributed by atoms with Gasteiger partial charge in [-0.05, 0) is 31.2 Å². The highest BCUT2D eigenvalue weighted by Gasteiger charge is 2.12. The number of carbonyl (C=O) groups excluding carboxylic acids is 2. The molecule has 0 aliphatic heterocycles. The van der Waals surface area contributed by atoms with Crippen LogP contribution < -0.4 is 5.32 Å². The van der Waals surface area contributed by atoms with Gasteiger partial charge in [0, 0.05) is 12.0 Å². The Kier molecular flexibility index (Phi) is 4.65. The van der Waals surface area contributed by atoms with Crippen LogP contribution >= 0.6 is 0 Å². The summed E-state index contributed by atoms with van der Waals surface area (Å²) in [5.41, 5.74) is 1.09. The highest BCUT2D eigenvalue weighted by Crippen LogP contribution is 2.20. The first-order valence-electron chi connectivity index (χ1n) is 6.55. The van der Waals surface area contributed by atoms with E-state index < -0.39 is 0 Å². The number of amides is 1. The Hall–Kier alpha value is -2.70. The van der Waals surface area contributed by atoms with E-state index in [2.05, 4.69) is 15.5 Å². The molecule has 1 aromatic carbocycles. The Labute approximate surface area is 121 Å². The summed E-state index contributed by atoms with van der Waals surface area (Å²) in [6, 6.07) is 6.62.